The van der Waals surface area contributed by atoms with Crippen LogP contribution in [0.25, 0.3) is 0 Å². The van der Waals surface area contributed by atoms with Gasteiger partial charge in [-0.05, 0) is 98.2 Å². The fourth-order valence-corrected chi connectivity index (χ4v) is 9.23. The van der Waals surface area contributed by atoms with Gasteiger partial charge < -0.3 is 19.1 Å². The second-order valence-electron chi connectivity index (χ2n) is 12.8. The van der Waals surface area contributed by atoms with Crippen LogP contribution >= 0.6 is 11.6 Å². The summed E-state index contributed by atoms with van der Waals surface area (Å²) in [7, 11) is -0.253. The lowest BCUT2D eigenvalue weighted by molar-refractivity contribution is -0.122. The summed E-state index contributed by atoms with van der Waals surface area (Å²) in [5, 5.41) is 0.742. The van der Waals surface area contributed by atoms with Gasteiger partial charge in [0, 0.05) is 43.3 Å². The molecule has 2 amide bonds. The Labute approximate surface area is 270 Å². The molecule has 5 atom stereocenters. The highest BCUT2D eigenvalue weighted by Gasteiger charge is 2.44. The van der Waals surface area contributed by atoms with Gasteiger partial charge in [-0.1, -0.05) is 29.8 Å². The molecule has 1 N–H and O–H groups in total. The number of hydrogen-bond donors (Lipinski definition) is 1. The molecule has 6 rings (SSSR count). The molecule has 1 fully saturated rings. The molecule has 1 spiro atoms. The van der Waals surface area contributed by atoms with Crippen molar-refractivity contribution in [3.63, 3.8) is 0 Å². The molecule has 242 valence electrons. The Morgan fingerprint density at radius 3 is 2.84 bits per heavy atom. The van der Waals surface area contributed by atoms with E-state index in [-0.39, 0.29) is 23.9 Å². The van der Waals surface area contributed by atoms with E-state index in [2.05, 4.69) is 32.2 Å². The van der Waals surface area contributed by atoms with E-state index in [1.807, 2.05) is 24.3 Å². The Morgan fingerprint density at radius 2 is 2.07 bits per heavy atom. The van der Waals surface area contributed by atoms with Crippen molar-refractivity contribution in [2.24, 2.45) is 16.2 Å². The lowest BCUT2D eigenvalue weighted by Crippen LogP contribution is -2.49. The molecule has 0 aromatic heterocycles. The van der Waals surface area contributed by atoms with E-state index in [1.54, 1.807) is 13.2 Å². The van der Waals surface area contributed by atoms with Gasteiger partial charge in [-0.15, -0.1) is 4.36 Å². The SMILES string of the molecule is COCC(=O)NS1(=O)=NC(=O)c2ccc3c(c2)N(C[C@@H]2CC[C@H]2[C@@H](OC)/C=C\CCC1)C[C@@]1(CCCc2cc(Cl)ccc21)CO3. The van der Waals surface area contributed by atoms with Gasteiger partial charge in [0.15, 0.2) is 0 Å². The number of methoxy groups -OCH3 is 2. The van der Waals surface area contributed by atoms with Gasteiger partial charge >= 0.3 is 0 Å². The molecular weight excluding hydrogens is 614 g/mol. The lowest BCUT2D eigenvalue weighted by Gasteiger charge is -2.46. The van der Waals surface area contributed by atoms with E-state index >= 15 is 0 Å². The zero-order valence-electron chi connectivity index (χ0n) is 26.0. The number of rotatable bonds is 4. The van der Waals surface area contributed by atoms with Crippen molar-refractivity contribution < 1.29 is 28.0 Å². The van der Waals surface area contributed by atoms with E-state index < -0.39 is 21.7 Å². The molecule has 0 saturated heterocycles. The van der Waals surface area contributed by atoms with Crippen LogP contribution < -0.4 is 14.4 Å². The molecule has 4 aliphatic rings. The van der Waals surface area contributed by atoms with Crippen LogP contribution in [-0.2, 0) is 36.0 Å². The number of benzene rings is 2. The van der Waals surface area contributed by atoms with Gasteiger partial charge in [0.25, 0.3) is 11.8 Å². The Morgan fingerprint density at radius 1 is 1.20 bits per heavy atom. The van der Waals surface area contributed by atoms with Crippen molar-refractivity contribution in [1.29, 1.82) is 0 Å². The second kappa shape index (κ2) is 13.4. The first-order valence-corrected chi connectivity index (χ1v) is 17.9. The van der Waals surface area contributed by atoms with E-state index in [0.29, 0.717) is 42.6 Å². The van der Waals surface area contributed by atoms with Gasteiger partial charge in [-0.25, -0.2) is 4.21 Å². The summed E-state index contributed by atoms with van der Waals surface area (Å²) in [6.45, 7) is 1.75. The van der Waals surface area contributed by atoms with Crippen molar-refractivity contribution in [2.45, 2.75) is 56.5 Å². The molecule has 2 bridgehead atoms. The fraction of sp³-hybridized carbons (Fsp3) is 0.529. The van der Waals surface area contributed by atoms with Crippen LogP contribution in [0.2, 0.25) is 5.02 Å². The molecule has 1 unspecified atom stereocenters. The summed E-state index contributed by atoms with van der Waals surface area (Å²) >= 11 is 6.42. The summed E-state index contributed by atoms with van der Waals surface area (Å²) in [4.78, 5) is 28.4. The minimum absolute atomic E-state index is 0.0331. The van der Waals surface area contributed by atoms with Crippen LogP contribution in [0.4, 0.5) is 5.69 Å². The van der Waals surface area contributed by atoms with Crippen LogP contribution in [0.15, 0.2) is 52.9 Å². The Bertz CT molecular complexity index is 1600. The zero-order chi connectivity index (χ0) is 31.6. The molecule has 2 aliphatic carbocycles. The highest BCUT2D eigenvalue weighted by molar-refractivity contribution is 7.92. The maximum atomic E-state index is 13.9. The quantitative estimate of drug-likeness (QED) is 0.434. The zero-order valence-corrected chi connectivity index (χ0v) is 27.5. The van der Waals surface area contributed by atoms with Crippen LogP contribution in [0, 0.1) is 11.8 Å². The molecule has 1 saturated carbocycles. The van der Waals surface area contributed by atoms with Gasteiger partial charge in [-0.3, -0.25) is 14.3 Å². The number of nitrogens with zero attached hydrogens (tertiary/aromatic N) is 2. The molecule has 2 heterocycles. The number of halogens is 1. The van der Waals surface area contributed by atoms with Gasteiger partial charge in [-0.2, -0.15) is 0 Å². The first-order valence-electron chi connectivity index (χ1n) is 15.8. The van der Waals surface area contributed by atoms with Crippen LogP contribution in [0.3, 0.4) is 0 Å². The normalized spacial score (nSPS) is 30.5. The standard InChI is InChI=1S/C34H42ClN3O6S/c1-42-20-32(39)36-45(41)16-5-3-4-8-30(43-2)27-12-9-25(27)19-38-21-34(15-6-7-23-17-26(35)11-13-28(23)34)22-44-31-14-10-24(18-29(31)38)33(40)37-45/h4,8,10-11,13-14,17-18,25,27,30H,3,5-7,9,12,15-16,19-22H2,1-2H3,(H,36,37,39,40,41)/b8-4-/t25-,27+,30-,34-,45?/m0/s1. The number of anilines is 1. The largest absolute Gasteiger partial charge is 0.490 e. The maximum absolute atomic E-state index is 13.9. The average molecular weight is 656 g/mol. The molecule has 0 radical (unpaired) electrons. The molecule has 9 nitrogen and oxygen atoms in total. The highest BCUT2D eigenvalue weighted by Crippen LogP contribution is 2.47. The minimum Gasteiger partial charge on any atom is -0.490 e. The van der Waals surface area contributed by atoms with Crippen LogP contribution in [0.1, 0.15) is 60.0 Å². The maximum Gasteiger partial charge on any atom is 0.286 e. The predicted octanol–water partition coefficient (Wildman–Crippen LogP) is 5.49. The summed E-state index contributed by atoms with van der Waals surface area (Å²) < 4.78 is 37.9. The number of aryl methyl sites for hydroxylation is 1. The molecule has 2 aromatic carbocycles. The minimum atomic E-state index is -3.39. The smallest absolute Gasteiger partial charge is 0.286 e. The second-order valence-corrected chi connectivity index (χ2v) is 15.3. The summed E-state index contributed by atoms with van der Waals surface area (Å²) in [5.74, 6) is 0.286. The Hall–Kier alpha value is -2.92. The van der Waals surface area contributed by atoms with Crippen molar-refractivity contribution in [3.05, 3.63) is 70.3 Å². The Kier molecular flexibility index (Phi) is 9.57. The number of hydrogen-bond acceptors (Lipinski definition) is 7. The monoisotopic (exact) mass is 655 g/mol. The summed E-state index contributed by atoms with van der Waals surface area (Å²) in [6.07, 6.45) is 10.4. The summed E-state index contributed by atoms with van der Waals surface area (Å²) in [5.41, 5.74) is 3.43. The van der Waals surface area contributed by atoms with Gasteiger partial charge in [0.05, 0.1) is 24.2 Å². The third-order valence-electron chi connectivity index (χ3n) is 9.81. The van der Waals surface area contributed by atoms with Crippen LogP contribution in [-0.4, -0.2) is 68.4 Å². The Balaban J connectivity index is 1.43. The number of carbonyl (C=O) groups is 2. The number of allylic oxidation sites excluding steroid dienone is 1. The van der Waals surface area contributed by atoms with E-state index in [4.69, 9.17) is 25.8 Å². The summed E-state index contributed by atoms with van der Waals surface area (Å²) in [6, 6.07) is 11.5. The molecular formula is C34H42ClN3O6S. The number of nitrogens with one attached hydrogen (secondary N) is 1. The third kappa shape index (κ3) is 6.80. The first kappa shape index (κ1) is 32.0. The average Bonchev–Trinajstić information content (AvgIpc) is 3.14. The van der Waals surface area contributed by atoms with Crippen LogP contribution in [0.5, 0.6) is 5.75 Å². The fourth-order valence-electron chi connectivity index (χ4n) is 7.45. The number of ether oxygens (including phenoxy) is 3. The predicted molar refractivity (Wildman–Crippen MR) is 175 cm³/mol. The third-order valence-corrected chi connectivity index (χ3v) is 11.9. The molecule has 2 aliphatic heterocycles. The topological polar surface area (TPSA) is 107 Å². The number of fused-ring (bicyclic) bond motifs is 4. The highest BCUT2D eigenvalue weighted by atomic mass is 35.5. The van der Waals surface area contributed by atoms with Crippen molar-refractivity contribution in [2.75, 3.05) is 51.2 Å². The molecule has 11 heteroatoms. The number of carbonyl (C=O) groups excluding carboxylic acids is 2. The van der Waals surface area contributed by atoms with Crippen molar-refractivity contribution >= 4 is 39.0 Å². The first-order chi connectivity index (χ1) is 21.7. The van der Waals surface area contributed by atoms with E-state index in [1.165, 1.54) is 18.2 Å². The molecule has 2 aromatic rings. The molecule has 45 heavy (non-hydrogen) atoms. The van der Waals surface area contributed by atoms with E-state index in [9.17, 15) is 13.8 Å². The lowest BCUT2D eigenvalue weighted by atomic mass is 9.68. The van der Waals surface area contributed by atoms with E-state index in [0.717, 1.165) is 55.9 Å². The van der Waals surface area contributed by atoms with Gasteiger partial charge in [0.2, 0.25) is 0 Å². The number of amides is 2. The van der Waals surface area contributed by atoms with Gasteiger partial charge in [0.1, 0.15) is 22.3 Å². The van der Waals surface area contributed by atoms with Crippen molar-refractivity contribution in [1.82, 2.24) is 4.72 Å². The van der Waals surface area contributed by atoms with Crippen molar-refractivity contribution in [3.8, 4) is 5.75 Å².